The number of anilines is 1. The summed E-state index contributed by atoms with van der Waals surface area (Å²) in [6, 6.07) is 6.14. The Morgan fingerprint density at radius 3 is 2.65 bits per heavy atom. The summed E-state index contributed by atoms with van der Waals surface area (Å²) in [7, 11) is 3.13. The molecule has 0 aliphatic carbocycles. The van der Waals surface area contributed by atoms with Crippen LogP contribution in [0.15, 0.2) is 35.3 Å². The third-order valence-electron chi connectivity index (χ3n) is 5.14. The first-order chi connectivity index (χ1) is 14.8. The number of rotatable bonds is 7. The summed E-state index contributed by atoms with van der Waals surface area (Å²) in [4.78, 5) is 38.5. The standard InChI is InChI=1S/C22H26N4O5/c1-6-16(21(28)24-20-15(12-23-25(20)4)22(29)31-7-2)26-18(27)11-13(3)14-9-8-10-17(30-5)19(14)26/h8-12,16H,6-7H2,1-5H3,(H,24,28). The van der Waals surface area contributed by atoms with E-state index in [9.17, 15) is 14.4 Å². The molecule has 3 aromatic rings. The highest BCUT2D eigenvalue weighted by molar-refractivity contribution is 6.02. The van der Waals surface area contributed by atoms with Crippen molar-refractivity contribution in [1.82, 2.24) is 14.3 Å². The number of hydrogen-bond acceptors (Lipinski definition) is 6. The van der Waals surface area contributed by atoms with Crippen molar-refractivity contribution < 1.29 is 19.1 Å². The van der Waals surface area contributed by atoms with E-state index in [0.717, 1.165) is 10.9 Å². The molecule has 0 fully saturated rings. The average Bonchev–Trinajstić information content (AvgIpc) is 3.10. The number of amides is 1. The molecule has 2 aromatic heterocycles. The van der Waals surface area contributed by atoms with E-state index < -0.39 is 17.9 Å². The number of nitrogens with one attached hydrogen (secondary N) is 1. The number of nitrogens with zero attached hydrogens (tertiary/aromatic N) is 3. The van der Waals surface area contributed by atoms with Gasteiger partial charge in [-0.1, -0.05) is 19.1 Å². The number of carbonyl (C=O) groups excluding carboxylic acids is 2. The summed E-state index contributed by atoms with van der Waals surface area (Å²) in [5, 5.41) is 7.62. The quantitative estimate of drug-likeness (QED) is 0.583. The Balaban J connectivity index is 2.10. The second-order valence-electron chi connectivity index (χ2n) is 7.06. The van der Waals surface area contributed by atoms with Crippen LogP contribution >= 0.6 is 0 Å². The van der Waals surface area contributed by atoms with Gasteiger partial charge in [0.15, 0.2) is 0 Å². The van der Waals surface area contributed by atoms with Crippen molar-refractivity contribution in [2.45, 2.75) is 33.2 Å². The molecule has 31 heavy (non-hydrogen) atoms. The summed E-state index contributed by atoms with van der Waals surface area (Å²) in [6.07, 6.45) is 1.68. The van der Waals surface area contributed by atoms with Gasteiger partial charge in [0.2, 0.25) is 5.91 Å². The van der Waals surface area contributed by atoms with Crippen LogP contribution in [0.4, 0.5) is 5.82 Å². The molecule has 0 saturated heterocycles. The van der Waals surface area contributed by atoms with Gasteiger partial charge in [0.25, 0.3) is 5.56 Å². The van der Waals surface area contributed by atoms with Gasteiger partial charge >= 0.3 is 5.97 Å². The topological polar surface area (TPSA) is 104 Å². The highest BCUT2D eigenvalue weighted by atomic mass is 16.5. The molecule has 3 rings (SSSR count). The maximum atomic E-state index is 13.3. The highest BCUT2D eigenvalue weighted by Gasteiger charge is 2.27. The molecule has 0 aliphatic heterocycles. The van der Waals surface area contributed by atoms with Crippen molar-refractivity contribution in [2.75, 3.05) is 19.0 Å². The van der Waals surface area contributed by atoms with E-state index in [1.165, 1.54) is 28.6 Å². The normalized spacial score (nSPS) is 11.9. The molecule has 9 nitrogen and oxygen atoms in total. The lowest BCUT2D eigenvalue weighted by Crippen LogP contribution is -2.34. The van der Waals surface area contributed by atoms with E-state index in [2.05, 4.69) is 10.4 Å². The Hall–Kier alpha value is -3.62. The Labute approximate surface area is 179 Å². The van der Waals surface area contributed by atoms with E-state index in [4.69, 9.17) is 9.47 Å². The Bertz CT molecular complexity index is 1190. The Kier molecular flexibility index (Phi) is 6.43. The highest BCUT2D eigenvalue weighted by Crippen LogP contribution is 2.30. The van der Waals surface area contributed by atoms with Crippen LogP contribution in [0.5, 0.6) is 5.75 Å². The van der Waals surface area contributed by atoms with Gasteiger partial charge in [-0.05, 0) is 31.9 Å². The van der Waals surface area contributed by atoms with Crippen LogP contribution in [-0.4, -0.2) is 39.9 Å². The van der Waals surface area contributed by atoms with Crippen LogP contribution in [0.1, 0.15) is 42.2 Å². The minimum Gasteiger partial charge on any atom is -0.495 e. The van der Waals surface area contributed by atoms with Gasteiger partial charge in [0, 0.05) is 18.5 Å². The molecule has 9 heteroatoms. The van der Waals surface area contributed by atoms with E-state index in [1.807, 2.05) is 26.0 Å². The molecule has 1 aromatic carbocycles. The van der Waals surface area contributed by atoms with Gasteiger partial charge < -0.3 is 14.8 Å². The van der Waals surface area contributed by atoms with Gasteiger partial charge in [-0.3, -0.25) is 18.8 Å². The van der Waals surface area contributed by atoms with E-state index in [0.29, 0.717) is 17.7 Å². The molecule has 0 spiro atoms. The maximum Gasteiger partial charge on any atom is 0.343 e. The van der Waals surface area contributed by atoms with Gasteiger partial charge in [-0.2, -0.15) is 5.10 Å². The molecular formula is C22H26N4O5. The lowest BCUT2D eigenvalue weighted by atomic mass is 10.1. The lowest BCUT2D eigenvalue weighted by Gasteiger charge is -2.22. The van der Waals surface area contributed by atoms with Crippen LogP contribution in [0.3, 0.4) is 0 Å². The first-order valence-corrected chi connectivity index (χ1v) is 10.0. The lowest BCUT2D eigenvalue weighted by molar-refractivity contribution is -0.119. The molecule has 0 aliphatic rings. The van der Waals surface area contributed by atoms with Gasteiger partial charge in [-0.25, -0.2) is 4.79 Å². The minimum atomic E-state index is -0.836. The van der Waals surface area contributed by atoms with Crippen molar-refractivity contribution in [3.63, 3.8) is 0 Å². The van der Waals surface area contributed by atoms with Crippen molar-refractivity contribution >= 4 is 28.6 Å². The van der Waals surface area contributed by atoms with Gasteiger partial charge in [0.05, 0.1) is 25.4 Å². The van der Waals surface area contributed by atoms with Crippen molar-refractivity contribution in [3.05, 3.63) is 51.9 Å². The number of aryl methyl sites for hydroxylation is 2. The van der Waals surface area contributed by atoms with Crippen LogP contribution in [0, 0.1) is 6.92 Å². The molecule has 1 unspecified atom stereocenters. The predicted molar refractivity (Wildman–Crippen MR) is 117 cm³/mol. The SMILES string of the molecule is CCOC(=O)c1cnn(C)c1NC(=O)C(CC)n1c(=O)cc(C)c2cccc(OC)c21. The number of carbonyl (C=O) groups is 2. The molecule has 0 saturated carbocycles. The maximum absolute atomic E-state index is 13.3. The molecule has 164 valence electrons. The summed E-state index contributed by atoms with van der Waals surface area (Å²) in [6.45, 7) is 5.55. The predicted octanol–water partition coefficient (Wildman–Crippen LogP) is 2.82. The number of methoxy groups -OCH3 is 1. The first-order valence-electron chi connectivity index (χ1n) is 10.0. The second kappa shape index (κ2) is 9.03. The summed E-state index contributed by atoms with van der Waals surface area (Å²) >= 11 is 0. The number of ether oxygens (including phenoxy) is 2. The number of aromatic nitrogens is 3. The van der Waals surface area contributed by atoms with E-state index in [-0.39, 0.29) is 23.5 Å². The zero-order valence-electron chi connectivity index (χ0n) is 18.3. The zero-order chi connectivity index (χ0) is 22.7. The van der Waals surface area contributed by atoms with Crippen LogP contribution in [0.25, 0.3) is 10.9 Å². The number of fused-ring (bicyclic) bond motifs is 1. The van der Waals surface area contributed by atoms with Crippen LogP contribution < -0.4 is 15.6 Å². The van der Waals surface area contributed by atoms with Crippen LogP contribution in [-0.2, 0) is 16.6 Å². The fourth-order valence-corrected chi connectivity index (χ4v) is 3.64. The van der Waals surface area contributed by atoms with Gasteiger partial charge in [-0.15, -0.1) is 0 Å². The molecule has 0 radical (unpaired) electrons. The monoisotopic (exact) mass is 426 g/mol. The fourth-order valence-electron chi connectivity index (χ4n) is 3.64. The first kappa shape index (κ1) is 22.1. The largest absolute Gasteiger partial charge is 0.495 e. The number of hydrogen-bond donors (Lipinski definition) is 1. The third kappa shape index (κ3) is 4.03. The summed E-state index contributed by atoms with van der Waals surface area (Å²) in [5.74, 6) is -0.330. The summed E-state index contributed by atoms with van der Waals surface area (Å²) < 4.78 is 13.4. The number of pyridine rings is 1. The number of benzene rings is 1. The van der Waals surface area contributed by atoms with Crippen molar-refractivity contribution in [3.8, 4) is 5.75 Å². The molecule has 1 N–H and O–H groups in total. The van der Waals surface area contributed by atoms with Gasteiger partial charge in [0.1, 0.15) is 23.2 Å². The second-order valence-corrected chi connectivity index (χ2v) is 7.06. The third-order valence-corrected chi connectivity index (χ3v) is 5.14. The molecule has 2 heterocycles. The number of esters is 1. The molecule has 1 amide bonds. The molecule has 1 atom stereocenters. The van der Waals surface area contributed by atoms with E-state index in [1.54, 1.807) is 20.0 Å². The van der Waals surface area contributed by atoms with Crippen molar-refractivity contribution in [1.29, 1.82) is 0 Å². The van der Waals surface area contributed by atoms with E-state index >= 15 is 0 Å². The number of para-hydroxylation sites is 1. The van der Waals surface area contributed by atoms with Crippen molar-refractivity contribution in [2.24, 2.45) is 7.05 Å². The fraction of sp³-hybridized carbons (Fsp3) is 0.364. The average molecular weight is 426 g/mol. The zero-order valence-corrected chi connectivity index (χ0v) is 18.3. The Morgan fingerprint density at radius 1 is 1.26 bits per heavy atom. The minimum absolute atomic E-state index is 0.145. The smallest absolute Gasteiger partial charge is 0.343 e. The molecule has 0 bridgehead atoms. The molecular weight excluding hydrogens is 400 g/mol. The van der Waals surface area contributed by atoms with Crippen LogP contribution in [0.2, 0.25) is 0 Å². The summed E-state index contributed by atoms with van der Waals surface area (Å²) in [5.41, 5.74) is 1.17. The Morgan fingerprint density at radius 2 is 2.00 bits per heavy atom.